The van der Waals surface area contributed by atoms with Crippen molar-refractivity contribution in [1.29, 1.82) is 0 Å². The monoisotopic (exact) mass is 296 g/mol. The van der Waals surface area contributed by atoms with Crippen LogP contribution in [0.4, 0.5) is 11.6 Å². The molecule has 0 unspecified atom stereocenters. The number of nitrogens with zero attached hydrogens (tertiary/aromatic N) is 2. The van der Waals surface area contributed by atoms with Crippen molar-refractivity contribution < 1.29 is 4.74 Å². The molecule has 0 radical (unpaired) electrons. The van der Waals surface area contributed by atoms with Crippen molar-refractivity contribution in [3.8, 4) is 0 Å². The van der Waals surface area contributed by atoms with Crippen LogP contribution in [0.3, 0.4) is 0 Å². The summed E-state index contributed by atoms with van der Waals surface area (Å²) in [5.41, 5.74) is 0. The summed E-state index contributed by atoms with van der Waals surface area (Å²) in [5, 5.41) is 6.52. The zero-order valence-corrected chi connectivity index (χ0v) is 13.1. The average Bonchev–Trinajstić information content (AvgIpc) is 2.51. The van der Waals surface area contributed by atoms with Crippen molar-refractivity contribution >= 4 is 23.4 Å². The third-order valence-corrected chi connectivity index (χ3v) is 4.43. The van der Waals surface area contributed by atoms with Gasteiger partial charge in [-0.25, -0.2) is 9.97 Å². The highest BCUT2D eigenvalue weighted by Crippen LogP contribution is 2.23. The summed E-state index contributed by atoms with van der Waals surface area (Å²) >= 11 is 2.06. The number of anilines is 2. The Hall–Kier alpha value is -1.01. The molecule has 1 aliphatic rings. The molecule has 1 aromatic rings. The van der Waals surface area contributed by atoms with E-state index in [1.165, 1.54) is 24.3 Å². The molecule has 1 saturated heterocycles. The van der Waals surface area contributed by atoms with Crippen LogP contribution in [-0.2, 0) is 11.3 Å². The van der Waals surface area contributed by atoms with E-state index < -0.39 is 0 Å². The molecule has 0 aromatic carbocycles. The van der Waals surface area contributed by atoms with Gasteiger partial charge in [-0.2, -0.15) is 11.8 Å². The summed E-state index contributed by atoms with van der Waals surface area (Å²) in [5.74, 6) is 5.77. The van der Waals surface area contributed by atoms with E-state index in [-0.39, 0.29) is 0 Å². The molecule has 1 aliphatic heterocycles. The second-order valence-electron chi connectivity index (χ2n) is 4.88. The van der Waals surface area contributed by atoms with E-state index >= 15 is 0 Å². The summed E-state index contributed by atoms with van der Waals surface area (Å²) in [6.07, 6.45) is 2.60. The minimum absolute atomic E-state index is 0.459. The zero-order chi connectivity index (χ0) is 14.2. The van der Waals surface area contributed by atoms with Crippen LogP contribution in [0, 0.1) is 5.92 Å². The Kier molecular flexibility index (Phi) is 6.39. The van der Waals surface area contributed by atoms with Gasteiger partial charge in [0.25, 0.3) is 0 Å². The molecule has 5 nitrogen and oxygen atoms in total. The number of aromatic nitrogens is 2. The van der Waals surface area contributed by atoms with Crippen molar-refractivity contribution in [3.05, 3.63) is 11.9 Å². The Bertz CT molecular complexity index is 410. The van der Waals surface area contributed by atoms with Crippen molar-refractivity contribution in [2.75, 3.05) is 42.3 Å². The van der Waals surface area contributed by atoms with Crippen LogP contribution in [-0.4, -0.2) is 41.7 Å². The van der Waals surface area contributed by atoms with E-state index in [1.54, 1.807) is 0 Å². The molecule has 112 valence electrons. The highest BCUT2D eigenvalue weighted by molar-refractivity contribution is 7.99. The van der Waals surface area contributed by atoms with Crippen LogP contribution in [0.15, 0.2) is 6.07 Å². The Morgan fingerprint density at radius 2 is 2.05 bits per heavy atom. The zero-order valence-electron chi connectivity index (χ0n) is 12.3. The van der Waals surface area contributed by atoms with Gasteiger partial charge in [0.15, 0.2) is 5.82 Å². The Morgan fingerprint density at radius 3 is 2.75 bits per heavy atom. The molecule has 20 heavy (non-hydrogen) atoms. The summed E-state index contributed by atoms with van der Waals surface area (Å²) in [4.78, 5) is 8.90. The quantitative estimate of drug-likeness (QED) is 0.806. The fourth-order valence-corrected chi connectivity index (χ4v) is 3.38. The molecule has 2 rings (SSSR count). The highest BCUT2D eigenvalue weighted by Gasteiger charge is 2.14. The van der Waals surface area contributed by atoms with Gasteiger partial charge in [-0.05, 0) is 37.2 Å². The maximum atomic E-state index is 5.39. The minimum atomic E-state index is 0.459. The van der Waals surface area contributed by atoms with E-state index in [0.29, 0.717) is 13.2 Å². The van der Waals surface area contributed by atoms with Gasteiger partial charge >= 0.3 is 0 Å². The van der Waals surface area contributed by atoms with Gasteiger partial charge in [-0.15, -0.1) is 0 Å². The lowest BCUT2D eigenvalue weighted by Gasteiger charge is -2.22. The number of thioether (sulfide) groups is 1. The third kappa shape index (κ3) is 4.83. The summed E-state index contributed by atoms with van der Waals surface area (Å²) in [6.45, 7) is 4.10. The fraction of sp³-hybridized carbons (Fsp3) is 0.714. The van der Waals surface area contributed by atoms with Gasteiger partial charge in [0.2, 0.25) is 0 Å². The van der Waals surface area contributed by atoms with Gasteiger partial charge in [-0.3, -0.25) is 0 Å². The molecule has 0 atom stereocenters. The molecular weight excluding hydrogens is 272 g/mol. The molecule has 0 aliphatic carbocycles. The average molecular weight is 296 g/mol. The number of hydrogen-bond acceptors (Lipinski definition) is 6. The van der Waals surface area contributed by atoms with Crippen molar-refractivity contribution in [2.45, 2.75) is 26.4 Å². The largest absolute Gasteiger partial charge is 0.374 e. The van der Waals surface area contributed by atoms with Gasteiger partial charge < -0.3 is 15.4 Å². The van der Waals surface area contributed by atoms with Crippen molar-refractivity contribution in [3.63, 3.8) is 0 Å². The summed E-state index contributed by atoms with van der Waals surface area (Å²) in [6, 6.07) is 1.95. The third-order valence-electron chi connectivity index (χ3n) is 3.38. The summed E-state index contributed by atoms with van der Waals surface area (Å²) < 4.78 is 5.39. The highest BCUT2D eigenvalue weighted by atomic mass is 32.2. The molecular formula is C14H24N4OS. The molecule has 6 heteroatoms. The van der Waals surface area contributed by atoms with Gasteiger partial charge in [0.1, 0.15) is 18.2 Å². The molecule has 0 amide bonds. The number of ether oxygens (including phenoxy) is 1. The Balaban J connectivity index is 1.94. The molecule has 0 spiro atoms. The first kappa shape index (κ1) is 15.4. The van der Waals surface area contributed by atoms with Crippen LogP contribution < -0.4 is 10.6 Å². The molecule has 2 N–H and O–H groups in total. The SMILES string of the molecule is CCOCc1nc(NC)cc(NCC2CCSCC2)n1. The first-order chi connectivity index (χ1) is 9.81. The van der Waals surface area contributed by atoms with Crippen LogP contribution in [0.25, 0.3) is 0 Å². The smallest absolute Gasteiger partial charge is 0.158 e. The lowest BCUT2D eigenvalue weighted by molar-refractivity contribution is 0.128. The van der Waals surface area contributed by atoms with Crippen LogP contribution >= 0.6 is 11.8 Å². The molecule has 0 saturated carbocycles. The second-order valence-corrected chi connectivity index (χ2v) is 6.10. The minimum Gasteiger partial charge on any atom is -0.374 e. The molecule has 2 heterocycles. The first-order valence-electron chi connectivity index (χ1n) is 7.27. The normalized spacial score (nSPS) is 16.1. The molecule has 1 aromatic heterocycles. The van der Waals surface area contributed by atoms with Gasteiger partial charge in [-0.1, -0.05) is 0 Å². The number of rotatable bonds is 7. The van der Waals surface area contributed by atoms with Gasteiger partial charge in [0, 0.05) is 26.3 Å². The maximum Gasteiger partial charge on any atom is 0.158 e. The molecule has 0 bridgehead atoms. The van der Waals surface area contributed by atoms with E-state index in [9.17, 15) is 0 Å². The van der Waals surface area contributed by atoms with E-state index in [4.69, 9.17) is 4.74 Å². The predicted octanol–water partition coefficient (Wildman–Crippen LogP) is 2.61. The lowest BCUT2D eigenvalue weighted by atomic mass is 10.0. The number of nitrogens with one attached hydrogen (secondary N) is 2. The Morgan fingerprint density at radius 1 is 1.30 bits per heavy atom. The van der Waals surface area contributed by atoms with E-state index in [0.717, 1.165) is 29.9 Å². The molecule has 1 fully saturated rings. The van der Waals surface area contributed by atoms with Crippen molar-refractivity contribution in [1.82, 2.24) is 9.97 Å². The van der Waals surface area contributed by atoms with Crippen LogP contribution in [0.1, 0.15) is 25.6 Å². The predicted molar refractivity (Wildman–Crippen MR) is 85.4 cm³/mol. The van der Waals surface area contributed by atoms with E-state index in [1.807, 2.05) is 20.0 Å². The summed E-state index contributed by atoms with van der Waals surface area (Å²) in [7, 11) is 1.87. The lowest BCUT2D eigenvalue weighted by Crippen LogP contribution is -2.20. The van der Waals surface area contributed by atoms with E-state index in [2.05, 4.69) is 32.4 Å². The van der Waals surface area contributed by atoms with Crippen LogP contribution in [0.5, 0.6) is 0 Å². The second kappa shape index (κ2) is 8.32. The van der Waals surface area contributed by atoms with Gasteiger partial charge in [0.05, 0.1) is 0 Å². The number of hydrogen-bond donors (Lipinski definition) is 2. The Labute approximate surface area is 125 Å². The topological polar surface area (TPSA) is 59.1 Å². The standard InChI is InChI=1S/C14H24N4OS/c1-3-19-10-14-17-12(15-2)8-13(18-14)16-9-11-4-6-20-7-5-11/h8,11H,3-7,9-10H2,1-2H3,(H2,15,16,17,18). The van der Waals surface area contributed by atoms with Crippen LogP contribution in [0.2, 0.25) is 0 Å². The maximum absolute atomic E-state index is 5.39. The fourth-order valence-electron chi connectivity index (χ4n) is 2.17. The first-order valence-corrected chi connectivity index (χ1v) is 8.42. The van der Waals surface area contributed by atoms with Crippen molar-refractivity contribution in [2.24, 2.45) is 5.92 Å².